The minimum atomic E-state index is -3.09. The highest BCUT2D eigenvalue weighted by Crippen LogP contribution is 2.33. The number of amides is 2. The maximum atomic E-state index is 14.0. The Morgan fingerprint density at radius 2 is 1.73 bits per heavy atom. The van der Waals surface area contributed by atoms with Gasteiger partial charge >= 0.3 is 0 Å². The number of hydrogen-bond donors (Lipinski definition) is 1. The van der Waals surface area contributed by atoms with Gasteiger partial charge in [0.15, 0.2) is 0 Å². The Bertz CT molecular complexity index is 1810. The average Bonchev–Trinajstić information content (AvgIpc) is 3.67. The van der Waals surface area contributed by atoms with E-state index in [0.717, 1.165) is 49.3 Å². The normalized spacial score (nSPS) is 24.0. The molecule has 0 bridgehead atoms. The zero-order valence-electron chi connectivity index (χ0n) is 27.9. The molecule has 1 aliphatic carbocycles. The van der Waals surface area contributed by atoms with Gasteiger partial charge in [-0.05, 0) is 81.8 Å². The molecule has 0 unspecified atom stereocenters. The number of carbonyl (C=O) groups excluding carboxylic acids is 3. The van der Waals surface area contributed by atoms with Gasteiger partial charge in [0, 0.05) is 53.9 Å². The highest BCUT2D eigenvalue weighted by Gasteiger charge is 2.40. The third-order valence-corrected chi connectivity index (χ3v) is 13.0. The monoisotopic (exact) mass is 730 g/mol. The summed E-state index contributed by atoms with van der Waals surface area (Å²) in [6, 6.07) is 10.8. The summed E-state index contributed by atoms with van der Waals surface area (Å²) in [5.41, 5.74) is 2.36. The fraction of sp³-hybridized carbons (Fsp3) is 0.528. The van der Waals surface area contributed by atoms with Gasteiger partial charge in [0.05, 0.1) is 46.7 Å². The summed E-state index contributed by atoms with van der Waals surface area (Å²) < 4.78 is 32.5. The first-order chi connectivity index (χ1) is 23.4. The molecular weight excluding hydrogens is 687 g/mol. The molecule has 1 saturated carbocycles. The highest BCUT2D eigenvalue weighted by atomic mass is 35.5. The summed E-state index contributed by atoms with van der Waals surface area (Å²) in [5, 5.41) is 3.98. The number of hydrogen-bond acceptors (Lipinski definition) is 7. The number of fused-ring (bicyclic) bond motifs is 1. The molecule has 2 aromatic carbocycles. The van der Waals surface area contributed by atoms with Gasteiger partial charge in [0.1, 0.15) is 16.1 Å². The first-order valence-corrected chi connectivity index (χ1v) is 19.7. The van der Waals surface area contributed by atoms with Crippen LogP contribution in [0.2, 0.25) is 10.0 Å². The van der Waals surface area contributed by atoms with Crippen molar-refractivity contribution in [2.75, 3.05) is 37.8 Å². The third-order valence-electron chi connectivity index (χ3n) is 10.6. The van der Waals surface area contributed by atoms with Crippen LogP contribution in [-0.2, 0) is 37.6 Å². The van der Waals surface area contributed by atoms with E-state index in [1.807, 2.05) is 40.8 Å². The van der Waals surface area contributed by atoms with E-state index < -0.39 is 9.84 Å². The zero-order chi connectivity index (χ0) is 34.9. The molecule has 2 amide bonds. The molecule has 0 spiro atoms. The lowest BCUT2D eigenvalue weighted by atomic mass is 9.88. The largest absolute Gasteiger partial charge is 0.376 e. The third kappa shape index (κ3) is 8.17. The molecule has 3 aliphatic rings. The topological polar surface area (TPSA) is 118 Å². The number of halogens is 2. The lowest BCUT2D eigenvalue weighted by Gasteiger charge is -2.35. The van der Waals surface area contributed by atoms with Gasteiger partial charge in [-0.1, -0.05) is 41.4 Å². The van der Waals surface area contributed by atoms with E-state index in [1.165, 1.54) is 6.26 Å². The van der Waals surface area contributed by atoms with Gasteiger partial charge in [0.2, 0.25) is 5.91 Å². The molecule has 2 aliphatic heterocycles. The van der Waals surface area contributed by atoms with Crippen LogP contribution >= 0.6 is 23.2 Å². The van der Waals surface area contributed by atoms with Gasteiger partial charge in [0.25, 0.3) is 5.91 Å². The summed E-state index contributed by atoms with van der Waals surface area (Å²) in [7, 11) is -1.21. The molecule has 3 fully saturated rings. The fourth-order valence-electron chi connectivity index (χ4n) is 7.72. The first kappa shape index (κ1) is 35.9. The molecule has 6 rings (SSSR count). The lowest BCUT2D eigenvalue weighted by Crippen LogP contribution is -2.46. The number of ether oxygens (including phenoxy) is 1. The van der Waals surface area contributed by atoms with Gasteiger partial charge in [-0.2, -0.15) is 0 Å². The van der Waals surface area contributed by atoms with E-state index in [2.05, 4.69) is 10.2 Å². The number of carbonyl (C=O) groups is 3. The second kappa shape index (κ2) is 15.1. The SMILES string of the molecule is Cn1cc(C(=O)Nc2cc(Cl)c(CC(=O)N3C[C@@H](N4CCC(S(C)(=O)=O)CC4)C[C@H]3COC3CCC(C=O)CC3)cc2Cl)c2ccccc21. The molecule has 10 nitrogen and oxygen atoms in total. The zero-order valence-corrected chi connectivity index (χ0v) is 30.3. The van der Waals surface area contributed by atoms with E-state index >= 15 is 0 Å². The molecule has 3 aromatic rings. The van der Waals surface area contributed by atoms with Crippen molar-refractivity contribution in [1.82, 2.24) is 14.4 Å². The van der Waals surface area contributed by atoms with Crippen molar-refractivity contribution in [2.45, 2.75) is 74.8 Å². The number of benzene rings is 2. The van der Waals surface area contributed by atoms with E-state index in [0.29, 0.717) is 60.9 Å². The number of likely N-dealkylation sites (tertiary alicyclic amines) is 2. The number of para-hydroxylation sites is 1. The van der Waals surface area contributed by atoms with Crippen LogP contribution in [0.15, 0.2) is 42.6 Å². The Labute approximate surface area is 298 Å². The van der Waals surface area contributed by atoms with Crippen molar-refractivity contribution in [3.63, 3.8) is 0 Å². The molecular formula is C36H44Cl2N4O6S. The Hall–Kier alpha value is -2.96. The number of aryl methyl sites for hydroxylation is 1. The maximum Gasteiger partial charge on any atom is 0.257 e. The first-order valence-electron chi connectivity index (χ1n) is 17.0. The van der Waals surface area contributed by atoms with Gasteiger partial charge in [-0.25, -0.2) is 8.42 Å². The van der Waals surface area contributed by atoms with E-state index in [4.69, 9.17) is 27.9 Å². The van der Waals surface area contributed by atoms with Crippen LogP contribution in [0.1, 0.15) is 60.9 Å². The summed E-state index contributed by atoms with van der Waals surface area (Å²) in [4.78, 5) is 42.6. The number of nitrogens with zero attached hydrogens (tertiary/aromatic N) is 3. The fourth-order valence-corrected chi connectivity index (χ4v) is 9.25. The number of piperidine rings is 1. The minimum Gasteiger partial charge on any atom is -0.376 e. The number of sulfone groups is 1. The highest BCUT2D eigenvalue weighted by molar-refractivity contribution is 7.91. The lowest BCUT2D eigenvalue weighted by molar-refractivity contribution is -0.133. The molecule has 13 heteroatoms. The van der Waals surface area contributed by atoms with Gasteiger partial charge in [-0.15, -0.1) is 0 Å². The van der Waals surface area contributed by atoms with Crippen LogP contribution in [0.25, 0.3) is 10.9 Å². The quantitative estimate of drug-likeness (QED) is 0.273. The standard InChI is InChI=1S/C36H44Cl2N4O6S/c1-40-20-30(29-5-3-4-6-34(29)40)36(45)39-33-18-31(37)24(15-32(33)38)16-35(44)42-19-25(41-13-11-28(12-14-41)49(2,46)47)17-26(42)22-48-27-9-7-23(21-43)8-10-27/h3-6,15,18,20-21,23,25-28H,7-14,16-17,19,22H2,1-2H3,(H,39,45)/t23?,25-,26-,27?/m0/s1. The molecule has 1 aromatic heterocycles. The molecule has 0 radical (unpaired) electrons. The van der Waals surface area contributed by atoms with Crippen molar-refractivity contribution in [1.29, 1.82) is 0 Å². The maximum absolute atomic E-state index is 14.0. The van der Waals surface area contributed by atoms with Crippen LogP contribution in [0.4, 0.5) is 5.69 Å². The Kier molecular flexibility index (Phi) is 11.1. The number of anilines is 1. The van der Waals surface area contributed by atoms with E-state index in [1.54, 1.807) is 18.3 Å². The number of aromatic nitrogens is 1. The van der Waals surface area contributed by atoms with Crippen LogP contribution in [0.3, 0.4) is 0 Å². The molecule has 1 N–H and O–H groups in total. The van der Waals surface area contributed by atoms with Crippen molar-refractivity contribution < 1.29 is 27.5 Å². The second-order valence-corrected chi connectivity index (χ2v) is 17.0. The molecule has 3 heterocycles. The van der Waals surface area contributed by atoms with Crippen molar-refractivity contribution in [3.05, 3.63) is 63.8 Å². The summed E-state index contributed by atoms with van der Waals surface area (Å²) >= 11 is 13.4. The van der Waals surface area contributed by atoms with E-state index in [9.17, 15) is 22.8 Å². The summed E-state index contributed by atoms with van der Waals surface area (Å²) in [6.07, 6.45) is 9.38. The average molecular weight is 732 g/mol. The van der Waals surface area contributed by atoms with Crippen LogP contribution in [-0.4, -0.2) is 96.8 Å². The second-order valence-electron chi connectivity index (χ2n) is 13.9. The number of nitrogens with one attached hydrogen (secondary N) is 1. The Morgan fingerprint density at radius 1 is 1.02 bits per heavy atom. The van der Waals surface area contributed by atoms with Crippen LogP contribution in [0.5, 0.6) is 0 Å². The van der Waals surface area contributed by atoms with Gasteiger partial charge < -0.3 is 24.3 Å². The number of aldehydes is 1. The molecule has 2 atom stereocenters. The predicted molar refractivity (Wildman–Crippen MR) is 192 cm³/mol. The Morgan fingerprint density at radius 3 is 2.43 bits per heavy atom. The number of rotatable bonds is 10. The van der Waals surface area contributed by atoms with Crippen molar-refractivity contribution in [2.24, 2.45) is 13.0 Å². The molecule has 49 heavy (non-hydrogen) atoms. The van der Waals surface area contributed by atoms with Crippen LogP contribution < -0.4 is 5.32 Å². The summed E-state index contributed by atoms with van der Waals surface area (Å²) in [6.45, 7) is 2.24. The van der Waals surface area contributed by atoms with Gasteiger partial charge in [-0.3, -0.25) is 14.5 Å². The smallest absolute Gasteiger partial charge is 0.257 e. The summed E-state index contributed by atoms with van der Waals surface area (Å²) in [5.74, 6) is -0.319. The minimum absolute atomic E-state index is 0.0277. The van der Waals surface area contributed by atoms with Crippen molar-refractivity contribution in [3.8, 4) is 0 Å². The molecule has 2 saturated heterocycles. The van der Waals surface area contributed by atoms with Crippen molar-refractivity contribution >= 4 is 67.7 Å². The molecule has 264 valence electrons. The Balaban J connectivity index is 1.14. The van der Waals surface area contributed by atoms with E-state index in [-0.39, 0.29) is 52.6 Å². The predicted octanol–water partition coefficient (Wildman–Crippen LogP) is 5.53. The van der Waals surface area contributed by atoms with Crippen LogP contribution in [0, 0.1) is 5.92 Å².